The fourth-order valence-electron chi connectivity index (χ4n) is 1.96. The van der Waals surface area contributed by atoms with E-state index in [9.17, 15) is 5.11 Å². The summed E-state index contributed by atoms with van der Waals surface area (Å²) in [5.41, 5.74) is 3.39. The Balaban J connectivity index is 3.26. The molecule has 2 heteroatoms. The van der Waals surface area contributed by atoms with E-state index in [-0.39, 0.29) is 0 Å². The minimum Gasteiger partial charge on any atom is -0.508 e. The largest absolute Gasteiger partial charge is 0.508 e. The Hall–Kier alpha value is -1.54. The van der Waals surface area contributed by atoms with E-state index in [1.54, 1.807) is 6.07 Å². The predicted molar refractivity (Wildman–Crippen MR) is 73.3 cm³/mol. The van der Waals surface area contributed by atoms with Crippen LogP contribution < -0.4 is 0 Å². The van der Waals surface area contributed by atoms with Crippen molar-refractivity contribution in [3.05, 3.63) is 54.1 Å². The van der Waals surface area contributed by atoms with Crippen molar-refractivity contribution in [3.63, 3.8) is 0 Å². The van der Waals surface area contributed by atoms with Gasteiger partial charge in [0.15, 0.2) is 0 Å². The number of hydrogen-bond acceptors (Lipinski definition) is 2. The first-order valence-corrected chi connectivity index (χ1v) is 5.79. The van der Waals surface area contributed by atoms with Crippen LogP contribution in [0.5, 0.6) is 5.75 Å². The summed E-state index contributed by atoms with van der Waals surface area (Å²) in [6.07, 6.45) is 5.24. The quantitative estimate of drug-likeness (QED) is 0.761. The van der Waals surface area contributed by atoms with E-state index in [0.717, 1.165) is 18.5 Å². The van der Waals surface area contributed by atoms with Crippen LogP contribution in [-0.4, -0.2) is 24.1 Å². The van der Waals surface area contributed by atoms with Crippen molar-refractivity contribution in [2.24, 2.45) is 0 Å². The van der Waals surface area contributed by atoms with Gasteiger partial charge in [0, 0.05) is 12.1 Å². The van der Waals surface area contributed by atoms with Crippen LogP contribution in [0.15, 0.2) is 37.4 Å². The fourth-order valence-corrected chi connectivity index (χ4v) is 1.96. The number of aromatic hydroxyl groups is 1. The smallest absolute Gasteiger partial charge is 0.119 e. The number of allylic oxidation sites excluding steroid dienone is 2. The zero-order valence-corrected chi connectivity index (χ0v) is 10.7. The number of phenols is 1. The summed E-state index contributed by atoms with van der Waals surface area (Å²) in [7, 11) is 4.05. The molecular weight excluding hydrogens is 210 g/mol. The third-order valence-electron chi connectivity index (χ3n) is 2.69. The number of nitrogens with zero attached hydrogens (tertiary/aromatic N) is 1. The van der Waals surface area contributed by atoms with Gasteiger partial charge in [0.2, 0.25) is 0 Å². The molecule has 2 nitrogen and oxygen atoms in total. The highest BCUT2D eigenvalue weighted by atomic mass is 16.3. The molecule has 0 spiro atoms. The van der Waals surface area contributed by atoms with Crippen LogP contribution in [0.3, 0.4) is 0 Å². The molecule has 0 amide bonds. The second-order valence-electron chi connectivity index (χ2n) is 4.42. The summed E-state index contributed by atoms with van der Waals surface area (Å²) < 4.78 is 0. The van der Waals surface area contributed by atoms with Gasteiger partial charge in [0.25, 0.3) is 0 Å². The molecular formula is C15H21NO. The minimum absolute atomic E-state index is 0.356. The molecule has 0 bridgehead atoms. The number of phenolic OH excluding ortho intramolecular Hbond substituents is 1. The first-order chi connectivity index (χ1) is 8.10. The first kappa shape index (κ1) is 13.5. The van der Waals surface area contributed by atoms with Gasteiger partial charge in [-0.05, 0) is 44.1 Å². The SMILES string of the molecule is C=CCc1ccc(O)c(CC=C)c1CN(C)C. The van der Waals surface area contributed by atoms with E-state index in [1.807, 2.05) is 32.3 Å². The normalized spacial score (nSPS) is 10.5. The van der Waals surface area contributed by atoms with Crippen LogP contribution in [0.4, 0.5) is 0 Å². The molecule has 0 aliphatic carbocycles. The average Bonchev–Trinajstić information content (AvgIpc) is 2.27. The van der Waals surface area contributed by atoms with Crippen LogP contribution in [0.25, 0.3) is 0 Å². The molecule has 0 unspecified atom stereocenters. The molecule has 0 radical (unpaired) electrons. The molecule has 1 N–H and O–H groups in total. The third-order valence-corrected chi connectivity index (χ3v) is 2.69. The lowest BCUT2D eigenvalue weighted by Crippen LogP contribution is -2.14. The highest BCUT2D eigenvalue weighted by molar-refractivity contribution is 5.46. The summed E-state index contributed by atoms with van der Waals surface area (Å²) in [5, 5.41) is 9.94. The van der Waals surface area contributed by atoms with Gasteiger partial charge in [-0.25, -0.2) is 0 Å². The first-order valence-electron chi connectivity index (χ1n) is 5.79. The lowest BCUT2D eigenvalue weighted by molar-refractivity contribution is 0.397. The van der Waals surface area contributed by atoms with E-state index in [1.165, 1.54) is 11.1 Å². The molecule has 0 saturated heterocycles. The molecule has 0 aliphatic rings. The van der Waals surface area contributed by atoms with Gasteiger partial charge < -0.3 is 10.0 Å². The van der Waals surface area contributed by atoms with E-state index in [2.05, 4.69) is 18.1 Å². The average molecular weight is 231 g/mol. The molecule has 1 aromatic carbocycles. The van der Waals surface area contributed by atoms with Crippen molar-refractivity contribution < 1.29 is 5.11 Å². The standard InChI is InChI=1S/C15H21NO/c1-5-7-12-9-10-15(17)13(8-6-2)14(12)11-16(3)4/h5-6,9-10,17H,1-2,7-8,11H2,3-4H3. The maximum Gasteiger partial charge on any atom is 0.119 e. The van der Waals surface area contributed by atoms with Crippen molar-refractivity contribution >= 4 is 0 Å². The van der Waals surface area contributed by atoms with Gasteiger partial charge in [-0.3, -0.25) is 0 Å². The monoisotopic (exact) mass is 231 g/mol. The molecule has 0 fully saturated rings. The zero-order chi connectivity index (χ0) is 12.8. The van der Waals surface area contributed by atoms with Gasteiger partial charge >= 0.3 is 0 Å². The number of benzene rings is 1. The Morgan fingerprint density at radius 1 is 1.12 bits per heavy atom. The van der Waals surface area contributed by atoms with Crippen molar-refractivity contribution in [1.29, 1.82) is 0 Å². The molecule has 17 heavy (non-hydrogen) atoms. The Morgan fingerprint density at radius 3 is 2.29 bits per heavy atom. The van der Waals surface area contributed by atoms with Crippen LogP contribution in [0, 0.1) is 0 Å². The summed E-state index contributed by atoms with van der Waals surface area (Å²) in [6, 6.07) is 3.74. The fraction of sp³-hybridized carbons (Fsp3) is 0.333. The molecule has 1 rings (SSSR count). The summed E-state index contributed by atoms with van der Waals surface area (Å²) in [6.45, 7) is 8.35. The van der Waals surface area contributed by atoms with Gasteiger partial charge in [-0.2, -0.15) is 0 Å². The van der Waals surface area contributed by atoms with Crippen molar-refractivity contribution in [2.45, 2.75) is 19.4 Å². The van der Waals surface area contributed by atoms with Crippen LogP contribution >= 0.6 is 0 Å². The molecule has 0 atom stereocenters. The summed E-state index contributed by atoms with van der Waals surface area (Å²) in [4.78, 5) is 2.11. The molecule has 92 valence electrons. The van der Waals surface area contributed by atoms with Crippen LogP contribution in [-0.2, 0) is 19.4 Å². The van der Waals surface area contributed by atoms with E-state index in [4.69, 9.17) is 0 Å². The van der Waals surface area contributed by atoms with Gasteiger partial charge in [-0.15, -0.1) is 13.2 Å². The van der Waals surface area contributed by atoms with Crippen LogP contribution in [0.1, 0.15) is 16.7 Å². The van der Waals surface area contributed by atoms with E-state index in [0.29, 0.717) is 12.2 Å². The molecule has 0 heterocycles. The summed E-state index contributed by atoms with van der Waals surface area (Å²) in [5.74, 6) is 0.356. The molecule has 1 aromatic rings. The van der Waals surface area contributed by atoms with Gasteiger partial charge in [0.1, 0.15) is 5.75 Å². The maximum absolute atomic E-state index is 9.94. The van der Waals surface area contributed by atoms with Gasteiger partial charge in [0.05, 0.1) is 0 Å². The predicted octanol–water partition coefficient (Wildman–Crippen LogP) is 2.91. The zero-order valence-electron chi connectivity index (χ0n) is 10.7. The Morgan fingerprint density at radius 2 is 1.76 bits per heavy atom. The molecule has 0 saturated carbocycles. The minimum atomic E-state index is 0.356. The highest BCUT2D eigenvalue weighted by Gasteiger charge is 2.12. The van der Waals surface area contributed by atoms with Crippen molar-refractivity contribution in [1.82, 2.24) is 4.90 Å². The topological polar surface area (TPSA) is 23.5 Å². The van der Waals surface area contributed by atoms with Crippen LogP contribution in [0.2, 0.25) is 0 Å². The second-order valence-corrected chi connectivity index (χ2v) is 4.42. The lowest BCUT2D eigenvalue weighted by atomic mass is 9.95. The van der Waals surface area contributed by atoms with Gasteiger partial charge in [-0.1, -0.05) is 18.2 Å². The number of hydrogen-bond donors (Lipinski definition) is 1. The second kappa shape index (κ2) is 6.26. The van der Waals surface area contributed by atoms with E-state index >= 15 is 0 Å². The van der Waals surface area contributed by atoms with Crippen molar-refractivity contribution in [2.75, 3.05) is 14.1 Å². The Bertz CT molecular complexity index is 408. The summed E-state index contributed by atoms with van der Waals surface area (Å²) >= 11 is 0. The Kier molecular flexibility index (Phi) is 4.98. The molecule has 0 aliphatic heterocycles. The molecule has 0 aromatic heterocycles. The highest BCUT2D eigenvalue weighted by Crippen LogP contribution is 2.27. The lowest BCUT2D eigenvalue weighted by Gasteiger charge is -2.18. The third kappa shape index (κ3) is 3.46. The Labute approximate surface area is 104 Å². The van der Waals surface area contributed by atoms with Crippen molar-refractivity contribution in [3.8, 4) is 5.75 Å². The maximum atomic E-state index is 9.94. The number of rotatable bonds is 6. The van der Waals surface area contributed by atoms with E-state index < -0.39 is 0 Å².